The van der Waals surface area contributed by atoms with E-state index in [1.54, 1.807) is 6.92 Å². The summed E-state index contributed by atoms with van der Waals surface area (Å²) in [5, 5.41) is 18.3. The van der Waals surface area contributed by atoms with Crippen LogP contribution in [0.4, 0.5) is 0 Å². The second-order valence-corrected chi connectivity index (χ2v) is 8.84. The second-order valence-electron chi connectivity index (χ2n) is 8.84. The van der Waals surface area contributed by atoms with Crippen molar-refractivity contribution in [1.82, 2.24) is 16.0 Å². The summed E-state index contributed by atoms with van der Waals surface area (Å²) < 4.78 is 0. The fraction of sp³-hybridized carbons (Fsp3) is 0.857. The number of hydrogen-bond acceptors (Lipinski definition) is 4. The van der Waals surface area contributed by atoms with Gasteiger partial charge in [-0.05, 0) is 37.5 Å². The van der Waals surface area contributed by atoms with Crippen LogP contribution in [-0.2, 0) is 14.4 Å². The Bertz CT molecular complexity index is 504. The lowest BCUT2D eigenvalue weighted by molar-refractivity contribution is -0.133. The van der Waals surface area contributed by atoms with Gasteiger partial charge >= 0.3 is 0 Å². The van der Waals surface area contributed by atoms with E-state index in [9.17, 15) is 19.5 Å². The molecule has 0 radical (unpaired) electrons. The molecule has 0 aromatic carbocycles. The number of nitrogens with one attached hydrogen (secondary N) is 3. The first-order valence-corrected chi connectivity index (χ1v) is 10.5. The maximum Gasteiger partial charge on any atom is 0.243 e. The summed E-state index contributed by atoms with van der Waals surface area (Å²) in [7, 11) is 0. The molecule has 0 rings (SSSR count). The fourth-order valence-corrected chi connectivity index (χ4v) is 2.92. The summed E-state index contributed by atoms with van der Waals surface area (Å²) in [6.45, 7) is 15.1. The normalized spacial score (nSPS) is 15.9. The summed E-state index contributed by atoms with van der Waals surface area (Å²) in [5.74, 6) is -0.459. The molecule has 0 aromatic rings. The molecule has 0 fully saturated rings. The summed E-state index contributed by atoms with van der Waals surface area (Å²) in [5.41, 5.74) is 0. The summed E-state index contributed by atoms with van der Waals surface area (Å²) in [6.07, 6.45) is 0.724. The summed E-state index contributed by atoms with van der Waals surface area (Å²) >= 11 is 0. The third-order valence-corrected chi connectivity index (χ3v) is 4.54. The van der Waals surface area contributed by atoms with Gasteiger partial charge in [-0.1, -0.05) is 48.5 Å². The van der Waals surface area contributed by atoms with Gasteiger partial charge in [0.05, 0.1) is 12.1 Å². The van der Waals surface area contributed by atoms with E-state index < -0.39 is 18.2 Å². The summed E-state index contributed by atoms with van der Waals surface area (Å²) in [4.78, 5) is 37.5. The number of carbonyl (C=O) groups excluding carboxylic acids is 3. The van der Waals surface area contributed by atoms with Crippen molar-refractivity contribution >= 4 is 17.7 Å². The average molecular weight is 400 g/mol. The van der Waals surface area contributed by atoms with Crippen LogP contribution in [0.15, 0.2) is 0 Å². The van der Waals surface area contributed by atoms with Crippen LogP contribution in [-0.4, -0.2) is 47.1 Å². The van der Waals surface area contributed by atoms with Crippen LogP contribution >= 0.6 is 0 Å². The Labute approximate surface area is 170 Å². The lowest BCUT2D eigenvalue weighted by Crippen LogP contribution is -2.57. The fourth-order valence-electron chi connectivity index (χ4n) is 2.92. The Kier molecular flexibility index (Phi) is 12.0. The molecule has 0 saturated heterocycles. The zero-order valence-electron chi connectivity index (χ0n) is 18.8. The Balaban J connectivity index is 5.05. The molecule has 4 atom stereocenters. The van der Waals surface area contributed by atoms with Gasteiger partial charge in [0.25, 0.3) is 0 Å². The summed E-state index contributed by atoms with van der Waals surface area (Å²) in [6, 6.07) is -1.79. The molecule has 164 valence electrons. The van der Waals surface area contributed by atoms with Crippen LogP contribution in [0, 0.1) is 17.8 Å². The molecule has 28 heavy (non-hydrogen) atoms. The minimum absolute atomic E-state index is 0.108. The smallest absolute Gasteiger partial charge is 0.243 e. The highest BCUT2D eigenvalue weighted by atomic mass is 16.3. The monoisotopic (exact) mass is 399 g/mol. The molecule has 0 saturated carbocycles. The van der Waals surface area contributed by atoms with Gasteiger partial charge in [0, 0.05) is 6.42 Å². The first-order chi connectivity index (χ1) is 12.9. The molecule has 0 aliphatic rings. The van der Waals surface area contributed by atoms with E-state index >= 15 is 0 Å². The molecule has 7 nitrogen and oxygen atoms in total. The SMILES string of the molecule is CC[C@H](NC(=O)[C@@H](NC(=O)CC(C)C)C(C)C)C(=O)N[C@@H](CC(C)C)[C@H](C)O. The first kappa shape index (κ1) is 26.4. The van der Waals surface area contributed by atoms with Gasteiger partial charge in [-0.2, -0.15) is 0 Å². The first-order valence-electron chi connectivity index (χ1n) is 10.5. The van der Waals surface area contributed by atoms with E-state index in [4.69, 9.17) is 0 Å². The molecular formula is C21H41N3O4. The van der Waals surface area contributed by atoms with E-state index in [2.05, 4.69) is 16.0 Å². The van der Waals surface area contributed by atoms with Crippen molar-refractivity contribution in [2.45, 2.75) is 98.9 Å². The zero-order valence-corrected chi connectivity index (χ0v) is 18.8. The number of amides is 3. The minimum atomic E-state index is -0.718. The molecule has 0 aliphatic carbocycles. The van der Waals surface area contributed by atoms with Crippen molar-refractivity contribution < 1.29 is 19.5 Å². The lowest BCUT2D eigenvalue weighted by Gasteiger charge is -2.28. The van der Waals surface area contributed by atoms with Crippen LogP contribution in [0.2, 0.25) is 0 Å². The molecule has 4 N–H and O–H groups in total. The van der Waals surface area contributed by atoms with E-state index in [1.165, 1.54) is 0 Å². The number of aliphatic hydroxyl groups excluding tert-OH is 1. The predicted octanol–water partition coefficient (Wildman–Crippen LogP) is 1.98. The second kappa shape index (κ2) is 12.8. The zero-order chi connectivity index (χ0) is 22.0. The van der Waals surface area contributed by atoms with E-state index in [-0.39, 0.29) is 35.6 Å². The van der Waals surface area contributed by atoms with Crippen molar-refractivity contribution in [1.29, 1.82) is 0 Å². The van der Waals surface area contributed by atoms with Crippen LogP contribution in [0.25, 0.3) is 0 Å². The quantitative estimate of drug-likeness (QED) is 0.402. The maximum atomic E-state index is 12.7. The Morgan fingerprint density at radius 3 is 1.79 bits per heavy atom. The Morgan fingerprint density at radius 2 is 1.39 bits per heavy atom. The van der Waals surface area contributed by atoms with Crippen molar-refractivity contribution in [3.8, 4) is 0 Å². The van der Waals surface area contributed by atoms with Gasteiger partial charge < -0.3 is 21.1 Å². The molecule has 0 aliphatic heterocycles. The van der Waals surface area contributed by atoms with Gasteiger partial charge in [-0.25, -0.2) is 0 Å². The van der Waals surface area contributed by atoms with Gasteiger partial charge in [0.1, 0.15) is 12.1 Å². The highest BCUT2D eigenvalue weighted by Gasteiger charge is 2.29. The standard InChI is InChI=1S/C21H41N3O4/c1-9-16(20(27)23-17(15(8)25)10-12(2)3)22-21(28)19(14(6)7)24-18(26)11-13(4)5/h12-17,19,25H,9-11H2,1-8H3,(H,22,28)(H,23,27)(H,24,26)/t15-,16-,17-,19-/m0/s1. The van der Waals surface area contributed by atoms with E-state index in [1.807, 2.05) is 48.5 Å². The molecule has 0 bridgehead atoms. The van der Waals surface area contributed by atoms with E-state index in [0.717, 1.165) is 0 Å². The lowest BCUT2D eigenvalue weighted by atomic mass is 9.99. The molecule has 0 heterocycles. The van der Waals surface area contributed by atoms with Crippen LogP contribution < -0.4 is 16.0 Å². The van der Waals surface area contributed by atoms with Crippen molar-refractivity contribution in [2.75, 3.05) is 0 Å². The highest BCUT2D eigenvalue weighted by molar-refractivity contribution is 5.92. The van der Waals surface area contributed by atoms with Gasteiger partial charge in [0.2, 0.25) is 17.7 Å². The largest absolute Gasteiger partial charge is 0.391 e. The van der Waals surface area contributed by atoms with Gasteiger partial charge in [-0.15, -0.1) is 0 Å². The van der Waals surface area contributed by atoms with Crippen LogP contribution in [0.5, 0.6) is 0 Å². The number of hydrogen-bond donors (Lipinski definition) is 4. The highest BCUT2D eigenvalue weighted by Crippen LogP contribution is 2.10. The minimum Gasteiger partial charge on any atom is -0.391 e. The van der Waals surface area contributed by atoms with Crippen LogP contribution in [0.3, 0.4) is 0 Å². The van der Waals surface area contributed by atoms with Gasteiger partial charge in [0.15, 0.2) is 0 Å². The van der Waals surface area contributed by atoms with Crippen molar-refractivity contribution in [3.63, 3.8) is 0 Å². The van der Waals surface area contributed by atoms with Crippen molar-refractivity contribution in [3.05, 3.63) is 0 Å². The third-order valence-electron chi connectivity index (χ3n) is 4.54. The number of carbonyl (C=O) groups is 3. The average Bonchev–Trinajstić information content (AvgIpc) is 2.55. The van der Waals surface area contributed by atoms with Crippen LogP contribution in [0.1, 0.15) is 74.7 Å². The van der Waals surface area contributed by atoms with E-state index in [0.29, 0.717) is 25.2 Å². The molecular weight excluding hydrogens is 358 g/mol. The molecule has 0 aromatic heterocycles. The molecule has 0 unspecified atom stereocenters. The third kappa shape index (κ3) is 10.1. The number of rotatable bonds is 12. The van der Waals surface area contributed by atoms with Crippen molar-refractivity contribution in [2.24, 2.45) is 17.8 Å². The topological polar surface area (TPSA) is 108 Å². The maximum absolute atomic E-state index is 12.7. The predicted molar refractivity (Wildman–Crippen MR) is 112 cm³/mol. The molecule has 0 spiro atoms. The Morgan fingerprint density at radius 1 is 0.821 bits per heavy atom. The Hall–Kier alpha value is -1.63. The molecule has 3 amide bonds. The molecule has 7 heteroatoms. The number of aliphatic hydroxyl groups is 1. The van der Waals surface area contributed by atoms with Gasteiger partial charge in [-0.3, -0.25) is 14.4 Å².